The van der Waals surface area contributed by atoms with Crippen LogP contribution in [0.4, 0.5) is 11.4 Å². The first kappa shape index (κ1) is 14.9. The summed E-state index contributed by atoms with van der Waals surface area (Å²) >= 11 is 9.11. The third-order valence-electron chi connectivity index (χ3n) is 2.69. The molecule has 0 amide bonds. The van der Waals surface area contributed by atoms with E-state index in [1.54, 1.807) is 0 Å². The van der Waals surface area contributed by atoms with Gasteiger partial charge in [0.05, 0.1) is 17.3 Å². The highest BCUT2D eigenvalue weighted by Gasteiger charge is 2.03. The van der Waals surface area contributed by atoms with Gasteiger partial charge < -0.3 is 11.1 Å². The summed E-state index contributed by atoms with van der Waals surface area (Å²) in [6.45, 7) is 0.728. The molecule has 3 nitrogen and oxygen atoms in total. The van der Waals surface area contributed by atoms with Gasteiger partial charge in [-0.25, -0.2) is 4.99 Å². The summed E-state index contributed by atoms with van der Waals surface area (Å²) in [5, 5.41) is 3.36. The van der Waals surface area contributed by atoms with Crippen molar-refractivity contribution in [2.24, 2.45) is 10.7 Å². The van der Waals surface area contributed by atoms with Crippen LogP contribution in [-0.4, -0.2) is 11.7 Å². The molecule has 5 heteroatoms. The van der Waals surface area contributed by atoms with Crippen LogP contribution < -0.4 is 11.1 Å². The van der Waals surface area contributed by atoms with Crippen molar-refractivity contribution in [2.45, 2.75) is 6.54 Å². The van der Waals surface area contributed by atoms with Gasteiger partial charge in [0.2, 0.25) is 0 Å². The minimum Gasteiger partial charge on any atom is -0.386 e. The predicted octanol–water partition coefficient (Wildman–Crippen LogP) is 4.29. The van der Waals surface area contributed by atoms with Crippen molar-refractivity contribution in [3.63, 3.8) is 0 Å². The number of anilines is 1. The van der Waals surface area contributed by atoms with Crippen LogP contribution in [0.5, 0.6) is 0 Å². The lowest BCUT2D eigenvalue weighted by atomic mass is 10.2. The van der Waals surface area contributed by atoms with Gasteiger partial charge in [-0.2, -0.15) is 0 Å². The van der Waals surface area contributed by atoms with Crippen molar-refractivity contribution in [2.75, 3.05) is 11.2 Å². The molecule has 0 saturated carbocycles. The van der Waals surface area contributed by atoms with Crippen molar-refractivity contribution < 1.29 is 0 Å². The lowest BCUT2D eigenvalue weighted by Crippen LogP contribution is -2.12. The molecule has 0 saturated heterocycles. The lowest BCUT2D eigenvalue weighted by molar-refractivity contribution is 1.15. The number of aliphatic imine (C=N–C) groups is 1. The van der Waals surface area contributed by atoms with Crippen LogP contribution >= 0.6 is 27.5 Å². The first-order valence-electron chi connectivity index (χ1n) is 6.15. The second-order valence-electron chi connectivity index (χ2n) is 4.24. The van der Waals surface area contributed by atoms with Gasteiger partial charge in [-0.15, -0.1) is 11.6 Å². The second-order valence-corrected chi connectivity index (χ2v) is 5.42. The Morgan fingerprint density at radius 1 is 1.20 bits per heavy atom. The molecule has 0 radical (unpaired) electrons. The summed E-state index contributed by atoms with van der Waals surface area (Å²) in [6, 6.07) is 16.0. The third kappa shape index (κ3) is 4.25. The first-order valence-corrected chi connectivity index (χ1v) is 7.48. The van der Waals surface area contributed by atoms with Crippen molar-refractivity contribution >= 4 is 44.7 Å². The fourth-order valence-corrected chi connectivity index (χ4v) is 2.13. The molecule has 2 aromatic rings. The van der Waals surface area contributed by atoms with E-state index in [0.717, 1.165) is 22.4 Å². The van der Waals surface area contributed by atoms with Crippen LogP contribution in [0.2, 0.25) is 0 Å². The van der Waals surface area contributed by atoms with Crippen molar-refractivity contribution in [1.29, 1.82) is 0 Å². The molecule has 0 aliphatic rings. The van der Waals surface area contributed by atoms with Gasteiger partial charge in [-0.1, -0.05) is 46.3 Å². The van der Waals surface area contributed by atoms with E-state index in [2.05, 4.69) is 38.4 Å². The van der Waals surface area contributed by atoms with Gasteiger partial charge in [0.15, 0.2) is 0 Å². The van der Waals surface area contributed by atoms with Gasteiger partial charge in [0.1, 0.15) is 5.84 Å². The highest BCUT2D eigenvalue weighted by Crippen LogP contribution is 2.29. The van der Waals surface area contributed by atoms with Crippen LogP contribution in [-0.2, 0) is 6.54 Å². The number of hydrogen-bond acceptors (Lipinski definition) is 2. The van der Waals surface area contributed by atoms with E-state index in [1.165, 1.54) is 5.56 Å². The minimum absolute atomic E-state index is 0.213. The number of nitrogens with two attached hydrogens (primary N) is 1. The Hall–Kier alpha value is -1.52. The van der Waals surface area contributed by atoms with E-state index in [0.29, 0.717) is 5.84 Å². The fourth-order valence-electron chi connectivity index (χ4n) is 1.72. The van der Waals surface area contributed by atoms with Gasteiger partial charge in [0, 0.05) is 11.0 Å². The molecule has 0 aliphatic heterocycles. The molecule has 2 aromatic carbocycles. The maximum Gasteiger partial charge on any atom is 0.115 e. The Balaban J connectivity index is 2.19. The maximum absolute atomic E-state index is 5.71. The summed E-state index contributed by atoms with van der Waals surface area (Å²) in [7, 11) is 0. The Bertz CT molecular complexity index is 599. The molecule has 0 unspecified atom stereocenters. The van der Waals surface area contributed by atoms with Gasteiger partial charge >= 0.3 is 0 Å². The molecule has 2 rings (SSSR count). The monoisotopic (exact) mass is 351 g/mol. The van der Waals surface area contributed by atoms with Crippen molar-refractivity contribution in [3.05, 3.63) is 58.6 Å². The fraction of sp³-hybridized carbons (Fsp3) is 0.133. The summed E-state index contributed by atoms with van der Waals surface area (Å²) in [5.74, 6) is 0.609. The second kappa shape index (κ2) is 7.31. The number of rotatable bonds is 5. The van der Waals surface area contributed by atoms with Crippen molar-refractivity contribution in [3.8, 4) is 0 Å². The molecule has 104 valence electrons. The average molecular weight is 353 g/mol. The Morgan fingerprint density at radius 2 is 1.95 bits per heavy atom. The Morgan fingerprint density at radius 3 is 2.65 bits per heavy atom. The molecule has 0 aliphatic carbocycles. The van der Waals surface area contributed by atoms with Crippen LogP contribution in [0.15, 0.2) is 58.0 Å². The number of halogens is 2. The largest absolute Gasteiger partial charge is 0.386 e. The van der Waals surface area contributed by atoms with E-state index >= 15 is 0 Å². The van der Waals surface area contributed by atoms with Gasteiger partial charge in [-0.3, -0.25) is 0 Å². The van der Waals surface area contributed by atoms with E-state index in [4.69, 9.17) is 17.3 Å². The minimum atomic E-state index is 0.213. The SMILES string of the molecule is NC(CCl)=Nc1cc(Br)ccc1NCc1ccccc1. The zero-order valence-corrected chi connectivity index (χ0v) is 13.2. The smallest absolute Gasteiger partial charge is 0.115 e. The maximum atomic E-state index is 5.71. The molecule has 0 fully saturated rings. The molecule has 3 N–H and O–H groups in total. The Labute approximate surface area is 132 Å². The molecule has 0 spiro atoms. The van der Waals surface area contributed by atoms with E-state index in [-0.39, 0.29) is 5.88 Å². The Kier molecular flexibility index (Phi) is 5.44. The van der Waals surface area contributed by atoms with Gasteiger partial charge in [-0.05, 0) is 23.8 Å². The summed E-state index contributed by atoms with van der Waals surface area (Å²) in [5.41, 5.74) is 8.60. The van der Waals surface area contributed by atoms with E-state index < -0.39 is 0 Å². The number of alkyl halides is 1. The van der Waals surface area contributed by atoms with Crippen LogP contribution in [0, 0.1) is 0 Å². The third-order valence-corrected chi connectivity index (χ3v) is 3.45. The van der Waals surface area contributed by atoms with Gasteiger partial charge in [0.25, 0.3) is 0 Å². The average Bonchev–Trinajstić information content (AvgIpc) is 2.47. The molecular weight excluding hydrogens is 338 g/mol. The summed E-state index contributed by atoms with van der Waals surface area (Å²) < 4.78 is 0.948. The van der Waals surface area contributed by atoms with Crippen LogP contribution in [0.3, 0.4) is 0 Å². The van der Waals surface area contributed by atoms with Crippen LogP contribution in [0.25, 0.3) is 0 Å². The molecule has 0 aromatic heterocycles. The number of hydrogen-bond donors (Lipinski definition) is 2. The topological polar surface area (TPSA) is 50.4 Å². The van der Waals surface area contributed by atoms with Crippen LogP contribution in [0.1, 0.15) is 5.56 Å². The lowest BCUT2D eigenvalue weighted by Gasteiger charge is -2.10. The number of nitrogens with zero attached hydrogens (tertiary/aromatic N) is 1. The number of nitrogens with one attached hydrogen (secondary N) is 1. The molecule has 0 bridgehead atoms. The highest BCUT2D eigenvalue weighted by molar-refractivity contribution is 9.10. The zero-order valence-electron chi connectivity index (χ0n) is 10.8. The standard InChI is InChI=1S/C15H15BrClN3/c16-12-6-7-13(14(8-12)20-15(18)9-17)19-10-11-4-2-1-3-5-11/h1-8,19H,9-10H2,(H2,18,20). The normalized spacial score (nSPS) is 11.4. The molecule has 0 heterocycles. The highest BCUT2D eigenvalue weighted by atomic mass is 79.9. The predicted molar refractivity (Wildman–Crippen MR) is 89.9 cm³/mol. The molecular formula is C15H15BrClN3. The zero-order chi connectivity index (χ0) is 14.4. The quantitative estimate of drug-likeness (QED) is 0.479. The van der Waals surface area contributed by atoms with E-state index in [1.807, 2.05) is 36.4 Å². The molecule has 0 atom stereocenters. The summed E-state index contributed by atoms with van der Waals surface area (Å²) in [6.07, 6.45) is 0. The first-order chi connectivity index (χ1) is 9.69. The van der Waals surface area contributed by atoms with Crippen molar-refractivity contribution in [1.82, 2.24) is 0 Å². The summed E-state index contributed by atoms with van der Waals surface area (Å²) in [4.78, 5) is 4.32. The van der Waals surface area contributed by atoms with E-state index in [9.17, 15) is 0 Å². The number of benzene rings is 2. The number of amidine groups is 1. The molecule has 20 heavy (non-hydrogen) atoms.